The Bertz CT molecular complexity index is 257. The second-order valence-electron chi connectivity index (χ2n) is 5.96. The van der Waals surface area contributed by atoms with Gasteiger partial charge in [-0.1, -0.05) is 44.7 Å². The van der Waals surface area contributed by atoms with Crippen LogP contribution in [0.3, 0.4) is 0 Å². The quantitative estimate of drug-likeness (QED) is 0.191. The molecule has 1 aliphatic carbocycles. The maximum Gasteiger partial charge on any atom is 0.144 e. The highest BCUT2D eigenvalue weighted by Gasteiger charge is 2.23. The van der Waals surface area contributed by atoms with Crippen LogP contribution in [0.1, 0.15) is 65.2 Å². The van der Waals surface area contributed by atoms with Crippen LogP contribution in [0.5, 0.6) is 0 Å². The number of ether oxygens (including phenoxy) is 1. The normalized spacial score (nSPS) is 19.8. The van der Waals surface area contributed by atoms with Crippen LogP contribution in [-0.4, -0.2) is 23.8 Å². The molecule has 1 aliphatic rings. The summed E-state index contributed by atoms with van der Waals surface area (Å²) in [4.78, 5) is 0. The van der Waals surface area contributed by atoms with E-state index >= 15 is 0 Å². The van der Waals surface area contributed by atoms with E-state index in [0.29, 0.717) is 11.9 Å². The number of amidine groups is 1. The Morgan fingerprint density at radius 2 is 1.89 bits per heavy atom. The molecule has 0 heterocycles. The summed E-state index contributed by atoms with van der Waals surface area (Å²) >= 11 is 0. The molecular formula is C14H28N2O2. The van der Waals surface area contributed by atoms with Crippen molar-refractivity contribution in [2.24, 2.45) is 16.3 Å². The molecule has 0 aromatic heterocycles. The third-order valence-electron chi connectivity index (χ3n) is 3.90. The average Bonchev–Trinajstić information content (AvgIpc) is 2.62. The Hall–Kier alpha value is -0.770. The van der Waals surface area contributed by atoms with Crippen molar-refractivity contribution in [2.75, 3.05) is 6.61 Å². The zero-order valence-electron chi connectivity index (χ0n) is 11.8. The van der Waals surface area contributed by atoms with Crippen LogP contribution in [-0.2, 0) is 4.74 Å². The van der Waals surface area contributed by atoms with E-state index in [2.05, 4.69) is 5.16 Å². The van der Waals surface area contributed by atoms with E-state index in [1.807, 2.05) is 13.8 Å². The monoisotopic (exact) mass is 256 g/mol. The first-order valence-electron chi connectivity index (χ1n) is 7.16. The van der Waals surface area contributed by atoms with Crippen molar-refractivity contribution in [3.05, 3.63) is 0 Å². The van der Waals surface area contributed by atoms with Gasteiger partial charge in [0.05, 0.1) is 6.10 Å². The van der Waals surface area contributed by atoms with Crippen molar-refractivity contribution in [1.29, 1.82) is 0 Å². The zero-order chi connectivity index (χ0) is 13.4. The van der Waals surface area contributed by atoms with E-state index < -0.39 is 0 Å². The van der Waals surface area contributed by atoms with Crippen LogP contribution in [0, 0.1) is 5.41 Å². The second kappa shape index (κ2) is 7.62. The first-order chi connectivity index (χ1) is 8.56. The highest BCUT2D eigenvalue weighted by molar-refractivity contribution is 5.85. The Kier molecular flexibility index (Phi) is 6.47. The molecule has 0 aromatic carbocycles. The van der Waals surface area contributed by atoms with Crippen LogP contribution in [0.15, 0.2) is 5.16 Å². The van der Waals surface area contributed by atoms with Gasteiger partial charge in [-0.05, 0) is 25.7 Å². The minimum atomic E-state index is -0.248. The molecule has 0 spiro atoms. The van der Waals surface area contributed by atoms with Crippen molar-refractivity contribution < 1.29 is 9.94 Å². The number of nitrogens with two attached hydrogens (primary N) is 1. The van der Waals surface area contributed by atoms with E-state index in [4.69, 9.17) is 15.7 Å². The number of nitrogens with zero attached hydrogens (tertiary/aromatic N) is 1. The molecule has 1 fully saturated rings. The smallest absolute Gasteiger partial charge is 0.144 e. The highest BCUT2D eigenvalue weighted by Crippen LogP contribution is 2.24. The number of hydrogen-bond acceptors (Lipinski definition) is 3. The minimum Gasteiger partial charge on any atom is -0.409 e. The molecule has 4 nitrogen and oxygen atoms in total. The fraction of sp³-hybridized carbons (Fsp3) is 0.929. The fourth-order valence-electron chi connectivity index (χ4n) is 2.44. The summed E-state index contributed by atoms with van der Waals surface area (Å²) in [5.41, 5.74) is 5.41. The Morgan fingerprint density at radius 3 is 2.44 bits per heavy atom. The topological polar surface area (TPSA) is 67.8 Å². The predicted octanol–water partition coefficient (Wildman–Crippen LogP) is 3.28. The van der Waals surface area contributed by atoms with Crippen LogP contribution >= 0.6 is 0 Å². The van der Waals surface area contributed by atoms with Gasteiger partial charge >= 0.3 is 0 Å². The average molecular weight is 256 g/mol. The van der Waals surface area contributed by atoms with Crippen molar-refractivity contribution in [1.82, 2.24) is 0 Å². The molecule has 4 heteroatoms. The molecule has 1 rings (SSSR count). The predicted molar refractivity (Wildman–Crippen MR) is 73.9 cm³/mol. The summed E-state index contributed by atoms with van der Waals surface area (Å²) in [6, 6.07) is 0. The van der Waals surface area contributed by atoms with Gasteiger partial charge in [0, 0.05) is 12.0 Å². The molecule has 0 atom stereocenters. The maximum absolute atomic E-state index is 8.69. The van der Waals surface area contributed by atoms with Crippen LogP contribution in [0.25, 0.3) is 0 Å². The van der Waals surface area contributed by atoms with E-state index in [1.165, 1.54) is 38.5 Å². The molecule has 18 heavy (non-hydrogen) atoms. The van der Waals surface area contributed by atoms with Gasteiger partial charge in [-0.3, -0.25) is 0 Å². The molecule has 0 saturated heterocycles. The number of rotatable bonds is 6. The Morgan fingerprint density at radius 1 is 1.28 bits per heavy atom. The third kappa shape index (κ3) is 5.25. The van der Waals surface area contributed by atoms with Gasteiger partial charge < -0.3 is 15.7 Å². The lowest BCUT2D eigenvalue weighted by Crippen LogP contribution is -2.32. The molecule has 1 saturated carbocycles. The van der Waals surface area contributed by atoms with Gasteiger partial charge in [0.1, 0.15) is 5.84 Å². The molecule has 0 aliphatic heterocycles. The van der Waals surface area contributed by atoms with Crippen molar-refractivity contribution in [3.8, 4) is 0 Å². The van der Waals surface area contributed by atoms with Gasteiger partial charge in [0.15, 0.2) is 0 Å². The van der Waals surface area contributed by atoms with Gasteiger partial charge in [0.25, 0.3) is 0 Å². The molecule has 106 valence electrons. The van der Waals surface area contributed by atoms with Crippen LogP contribution in [0.2, 0.25) is 0 Å². The van der Waals surface area contributed by atoms with E-state index in [1.54, 1.807) is 0 Å². The van der Waals surface area contributed by atoms with Gasteiger partial charge in [-0.2, -0.15) is 0 Å². The Labute approximate surface area is 111 Å². The van der Waals surface area contributed by atoms with E-state index in [0.717, 1.165) is 19.4 Å². The van der Waals surface area contributed by atoms with Crippen LogP contribution in [0.4, 0.5) is 0 Å². The molecule has 3 N–H and O–H groups in total. The summed E-state index contributed by atoms with van der Waals surface area (Å²) in [5, 5.41) is 11.8. The third-order valence-corrected chi connectivity index (χ3v) is 3.90. The summed E-state index contributed by atoms with van der Waals surface area (Å²) in [6.45, 7) is 4.77. The molecule has 0 radical (unpaired) electrons. The standard InChI is InChI=1S/C14H28N2O2/c1-14(2,13(15)16-17)10-7-11-18-12-8-5-3-4-6-9-12/h12,17H,3-11H2,1-2H3,(H2,15,16). The molecule has 0 unspecified atom stereocenters. The Balaban J connectivity index is 2.17. The molecule has 0 aromatic rings. The van der Waals surface area contributed by atoms with Crippen molar-refractivity contribution >= 4 is 5.84 Å². The van der Waals surface area contributed by atoms with Gasteiger partial charge in [-0.15, -0.1) is 0 Å². The lowest BCUT2D eigenvalue weighted by atomic mass is 9.87. The van der Waals surface area contributed by atoms with Gasteiger partial charge in [0.2, 0.25) is 0 Å². The summed E-state index contributed by atoms with van der Waals surface area (Å²) in [7, 11) is 0. The highest BCUT2D eigenvalue weighted by atomic mass is 16.5. The first-order valence-corrected chi connectivity index (χ1v) is 7.16. The SMILES string of the molecule is CC(C)(CCCOC1CCCCCC1)C(N)=NO. The van der Waals surface area contributed by atoms with Crippen molar-refractivity contribution in [2.45, 2.75) is 71.3 Å². The van der Waals surface area contributed by atoms with Crippen LogP contribution < -0.4 is 5.73 Å². The van der Waals surface area contributed by atoms with Gasteiger partial charge in [-0.25, -0.2) is 0 Å². The lowest BCUT2D eigenvalue weighted by Gasteiger charge is -2.23. The van der Waals surface area contributed by atoms with E-state index in [9.17, 15) is 0 Å². The first kappa shape index (κ1) is 15.3. The number of oxime groups is 1. The maximum atomic E-state index is 8.69. The van der Waals surface area contributed by atoms with Crippen molar-refractivity contribution in [3.63, 3.8) is 0 Å². The summed E-state index contributed by atoms with van der Waals surface area (Å²) in [6.07, 6.45) is 10.1. The lowest BCUT2D eigenvalue weighted by molar-refractivity contribution is 0.0386. The molecule has 0 bridgehead atoms. The minimum absolute atomic E-state index is 0.248. The fourth-order valence-corrected chi connectivity index (χ4v) is 2.44. The molecular weight excluding hydrogens is 228 g/mol. The number of hydrogen-bond donors (Lipinski definition) is 2. The largest absolute Gasteiger partial charge is 0.409 e. The zero-order valence-corrected chi connectivity index (χ0v) is 11.8. The van der Waals surface area contributed by atoms with E-state index in [-0.39, 0.29) is 5.41 Å². The summed E-state index contributed by atoms with van der Waals surface area (Å²) in [5.74, 6) is 0.303. The second-order valence-corrected chi connectivity index (χ2v) is 5.96. The molecule has 0 amide bonds. The summed E-state index contributed by atoms with van der Waals surface area (Å²) < 4.78 is 5.93.